The predicted octanol–water partition coefficient (Wildman–Crippen LogP) is 1.41. The largest absolute Gasteiger partial charge is 0.379 e. The van der Waals surface area contributed by atoms with Crippen LogP contribution in [0.5, 0.6) is 0 Å². The van der Waals surface area contributed by atoms with Crippen LogP contribution in [0.4, 0.5) is 11.6 Å². The Morgan fingerprint density at radius 2 is 2.29 bits per heavy atom. The Balaban J connectivity index is 1.58. The summed E-state index contributed by atoms with van der Waals surface area (Å²) in [7, 11) is 1.92. The molecule has 0 saturated carbocycles. The van der Waals surface area contributed by atoms with Crippen molar-refractivity contribution >= 4 is 11.6 Å². The third-order valence-corrected chi connectivity index (χ3v) is 3.55. The summed E-state index contributed by atoms with van der Waals surface area (Å²) in [6.07, 6.45) is 5.56. The van der Waals surface area contributed by atoms with Crippen LogP contribution in [0.25, 0.3) is 0 Å². The summed E-state index contributed by atoms with van der Waals surface area (Å²) < 4.78 is 7.30. The van der Waals surface area contributed by atoms with Gasteiger partial charge in [-0.15, -0.1) is 0 Å². The molecule has 1 atom stereocenters. The van der Waals surface area contributed by atoms with Crippen LogP contribution >= 0.6 is 0 Å². The maximum absolute atomic E-state index is 5.46. The summed E-state index contributed by atoms with van der Waals surface area (Å²) in [5.41, 5.74) is 1.10. The highest BCUT2D eigenvalue weighted by Crippen LogP contribution is 2.15. The van der Waals surface area contributed by atoms with Gasteiger partial charge in [-0.05, 0) is 18.9 Å². The number of nitrogens with one attached hydrogen (secondary N) is 2. The third-order valence-electron chi connectivity index (χ3n) is 3.55. The number of aromatic nitrogens is 4. The van der Waals surface area contributed by atoms with Crippen molar-refractivity contribution in [3.63, 3.8) is 0 Å². The smallest absolute Gasteiger partial charge is 0.131 e. The molecule has 112 valence electrons. The van der Waals surface area contributed by atoms with Gasteiger partial charge in [0.2, 0.25) is 0 Å². The van der Waals surface area contributed by atoms with E-state index in [9.17, 15) is 0 Å². The van der Waals surface area contributed by atoms with Gasteiger partial charge in [0.1, 0.15) is 18.0 Å². The first-order valence-electron chi connectivity index (χ1n) is 7.18. The average molecular weight is 288 g/mol. The van der Waals surface area contributed by atoms with Crippen molar-refractivity contribution < 1.29 is 4.74 Å². The van der Waals surface area contributed by atoms with Gasteiger partial charge in [-0.25, -0.2) is 9.97 Å². The van der Waals surface area contributed by atoms with Crippen LogP contribution in [-0.4, -0.2) is 39.0 Å². The molecule has 0 amide bonds. The zero-order chi connectivity index (χ0) is 14.5. The molecule has 2 N–H and O–H groups in total. The lowest BCUT2D eigenvalue weighted by Crippen LogP contribution is -2.30. The lowest BCUT2D eigenvalue weighted by molar-refractivity contribution is 0.0875. The Morgan fingerprint density at radius 1 is 1.38 bits per heavy atom. The van der Waals surface area contributed by atoms with Crippen LogP contribution in [-0.2, 0) is 18.3 Å². The number of nitrogens with zero attached hydrogens (tertiary/aromatic N) is 4. The molecule has 7 heteroatoms. The molecule has 1 saturated heterocycles. The van der Waals surface area contributed by atoms with E-state index in [1.165, 1.54) is 0 Å². The Hall–Kier alpha value is -2.15. The zero-order valence-corrected chi connectivity index (χ0v) is 12.1. The van der Waals surface area contributed by atoms with Crippen molar-refractivity contribution in [1.29, 1.82) is 0 Å². The van der Waals surface area contributed by atoms with Gasteiger partial charge in [-0.2, -0.15) is 5.10 Å². The molecule has 7 nitrogen and oxygen atoms in total. The van der Waals surface area contributed by atoms with Gasteiger partial charge in [0.25, 0.3) is 0 Å². The summed E-state index contributed by atoms with van der Waals surface area (Å²) in [4.78, 5) is 8.50. The Bertz CT molecular complexity index is 578. The molecule has 2 aromatic heterocycles. The van der Waals surface area contributed by atoms with Crippen molar-refractivity contribution in [2.75, 3.05) is 23.8 Å². The molecule has 21 heavy (non-hydrogen) atoms. The van der Waals surface area contributed by atoms with Crippen LogP contribution in [0.2, 0.25) is 0 Å². The maximum Gasteiger partial charge on any atom is 0.131 e. The molecule has 1 aliphatic rings. The number of aryl methyl sites for hydroxylation is 1. The first kappa shape index (κ1) is 13.8. The fraction of sp³-hybridized carbons (Fsp3) is 0.500. The predicted molar refractivity (Wildman–Crippen MR) is 80.0 cm³/mol. The zero-order valence-electron chi connectivity index (χ0n) is 12.1. The number of ether oxygens (including phenoxy) is 1. The van der Waals surface area contributed by atoms with Gasteiger partial charge in [0.15, 0.2) is 0 Å². The minimum absolute atomic E-state index is 0.332. The van der Waals surface area contributed by atoms with Crippen molar-refractivity contribution in [2.45, 2.75) is 25.4 Å². The Kier molecular flexibility index (Phi) is 4.30. The highest BCUT2D eigenvalue weighted by molar-refractivity contribution is 5.47. The Labute approximate surface area is 123 Å². The van der Waals surface area contributed by atoms with Crippen molar-refractivity contribution in [1.82, 2.24) is 19.7 Å². The van der Waals surface area contributed by atoms with E-state index < -0.39 is 0 Å². The highest BCUT2D eigenvalue weighted by Gasteiger charge is 2.14. The van der Waals surface area contributed by atoms with Gasteiger partial charge >= 0.3 is 0 Å². The molecule has 2 aromatic rings. The normalized spacial score (nSPS) is 18.4. The molecule has 0 aromatic carbocycles. The average Bonchev–Trinajstić information content (AvgIpc) is 2.92. The van der Waals surface area contributed by atoms with Gasteiger partial charge in [-0.1, -0.05) is 0 Å². The molecule has 1 aliphatic heterocycles. The van der Waals surface area contributed by atoms with Crippen LogP contribution in [0, 0.1) is 0 Å². The second-order valence-corrected chi connectivity index (χ2v) is 5.15. The lowest BCUT2D eigenvalue weighted by Gasteiger charge is -2.23. The van der Waals surface area contributed by atoms with Crippen LogP contribution < -0.4 is 10.6 Å². The van der Waals surface area contributed by atoms with E-state index in [-0.39, 0.29) is 0 Å². The molecule has 3 rings (SSSR count). The van der Waals surface area contributed by atoms with E-state index in [1.807, 2.05) is 23.9 Å². The van der Waals surface area contributed by atoms with E-state index in [0.717, 1.165) is 43.4 Å². The summed E-state index contributed by atoms with van der Waals surface area (Å²) in [6.45, 7) is 2.28. The molecule has 0 radical (unpaired) electrons. The summed E-state index contributed by atoms with van der Waals surface area (Å²) >= 11 is 0. The number of anilines is 2. The summed E-state index contributed by atoms with van der Waals surface area (Å²) in [5.74, 6) is 1.62. The van der Waals surface area contributed by atoms with E-state index in [4.69, 9.17) is 4.74 Å². The van der Waals surface area contributed by atoms with Gasteiger partial charge in [-0.3, -0.25) is 4.68 Å². The first-order chi connectivity index (χ1) is 10.3. The second kappa shape index (κ2) is 6.53. The van der Waals surface area contributed by atoms with Crippen LogP contribution in [0.3, 0.4) is 0 Å². The molecule has 0 bridgehead atoms. The molecular formula is C14H20N6O. The molecular weight excluding hydrogens is 268 g/mol. The lowest BCUT2D eigenvalue weighted by atomic mass is 10.1. The molecule has 0 spiro atoms. The van der Waals surface area contributed by atoms with E-state index in [1.54, 1.807) is 12.5 Å². The van der Waals surface area contributed by atoms with Crippen molar-refractivity contribution in [3.8, 4) is 0 Å². The first-order valence-corrected chi connectivity index (χ1v) is 7.18. The number of hydrogen-bond acceptors (Lipinski definition) is 6. The minimum Gasteiger partial charge on any atom is -0.379 e. The van der Waals surface area contributed by atoms with E-state index in [2.05, 4.69) is 25.7 Å². The number of rotatable bonds is 5. The standard InChI is InChI=1S/C14H20N6O/c1-20-12(4-5-18-20)8-15-13-7-14(17-10-16-13)19-11-3-2-6-21-9-11/h4-5,7,10-11H,2-3,6,8-9H2,1H3,(H2,15,16,17,19). The van der Waals surface area contributed by atoms with Crippen LogP contribution in [0.15, 0.2) is 24.7 Å². The Morgan fingerprint density at radius 3 is 3.05 bits per heavy atom. The minimum atomic E-state index is 0.332. The van der Waals surface area contributed by atoms with Gasteiger partial charge in [0.05, 0.1) is 24.9 Å². The summed E-state index contributed by atoms with van der Waals surface area (Å²) in [5, 5.41) is 10.8. The third kappa shape index (κ3) is 3.69. The molecule has 1 fully saturated rings. The molecule has 3 heterocycles. The fourth-order valence-corrected chi connectivity index (χ4v) is 2.35. The second-order valence-electron chi connectivity index (χ2n) is 5.15. The monoisotopic (exact) mass is 288 g/mol. The summed E-state index contributed by atoms with van der Waals surface area (Å²) in [6, 6.07) is 4.23. The van der Waals surface area contributed by atoms with Gasteiger partial charge < -0.3 is 15.4 Å². The highest BCUT2D eigenvalue weighted by atomic mass is 16.5. The SMILES string of the molecule is Cn1nccc1CNc1cc(NC2CCCOC2)ncn1. The molecule has 0 aliphatic carbocycles. The van der Waals surface area contributed by atoms with Crippen molar-refractivity contribution in [2.24, 2.45) is 7.05 Å². The number of hydrogen-bond donors (Lipinski definition) is 2. The van der Waals surface area contributed by atoms with Crippen LogP contribution in [0.1, 0.15) is 18.5 Å². The van der Waals surface area contributed by atoms with E-state index in [0.29, 0.717) is 12.6 Å². The van der Waals surface area contributed by atoms with Gasteiger partial charge in [0, 0.05) is 25.9 Å². The van der Waals surface area contributed by atoms with E-state index >= 15 is 0 Å². The molecule has 1 unspecified atom stereocenters. The topological polar surface area (TPSA) is 76.9 Å². The maximum atomic E-state index is 5.46. The quantitative estimate of drug-likeness (QED) is 0.866. The fourth-order valence-electron chi connectivity index (χ4n) is 2.35. The van der Waals surface area contributed by atoms with Crippen molar-refractivity contribution in [3.05, 3.63) is 30.4 Å².